The van der Waals surface area contributed by atoms with Gasteiger partial charge in [0, 0.05) is 29.2 Å². The lowest BCUT2D eigenvalue weighted by Gasteiger charge is -2.30. The van der Waals surface area contributed by atoms with Gasteiger partial charge in [-0.2, -0.15) is 0 Å². The first-order chi connectivity index (χ1) is 11.1. The maximum Gasteiger partial charge on any atom is 0.253 e. The standard InChI is InChI=1S/C19H25N3O/c1-13-12-17(15(3)22(13)16-8-5-4-6-9-16)19(23)21-18-10-7-11-20-14(18)2/h4-6,8-9,12,14,18,20H,7,10-11H2,1-3H3,(H,21,23). The number of amides is 1. The highest BCUT2D eigenvalue weighted by molar-refractivity contribution is 5.96. The summed E-state index contributed by atoms with van der Waals surface area (Å²) in [5.41, 5.74) is 3.93. The number of nitrogens with zero attached hydrogens (tertiary/aromatic N) is 1. The molecule has 1 fully saturated rings. The van der Waals surface area contributed by atoms with Crippen molar-refractivity contribution in [1.82, 2.24) is 15.2 Å². The Labute approximate surface area is 137 Å². The Bertz CT molecular complexity index is 690. The van der Waals surface area contributed by atoms with Crippen molar-refractivity contribution in [3.05, 3.63) is 53.3 Å². The summed E-state index contributed by atoms with van der Waals surface area (Å²) >= 11 is 0. The third-order valence-electron chi connectivity index (χ3n) is 4.77. The molecule has 2 N–H and O–H groups in total. The van der Waals surface area contributed by atoms with Crippen LogP contribution in [0.5, 0.6) is 0 Å². The molecule has 1 aliphatic rings. The molecule has 1 aromatic heterocycles. The van der Waals surface area contributed by atoms with E-state index in [1.165, 1.54) is 0 Å². The van der Waals surface area contributed by atoms with Crippen LogP contribution in [0, 0.1) is 13.8 Å². The minimum Gasteiger partial charge on any atom is -0.348 e. The minimum absolute atomic E-state index is 0.0285. The number of rotatable bonds is 3. The lowest BCUT2D eigenvalue weighted by atomic mass is 9.99. The summed E-state index contributed by atoms with van der Waals surface area (Å²) < 4.78 is 2.14. The summed E-state index contributed by atoms with van der Waals surface area (Å²) in [4.78, 5) is 12.7. The minimum atomic E-state index is 0.0285. The van der Waals surface area contributed by atoms with Gasteiger partial charge >= 0.3 is 0 Å². The number of carbonyl (C=O) groups is 1. The molecule has 122 valence electrons. The van der Waals surface area contributed by atoms with Crippen molar-refractivity contribution in [3.8, 4) is 5.69 Å². The lowest BCUT2D eigenvalue weighted by molar-refractivity contribution is 0.0919. The fourth-order valence-electron chi connectivity index (χ4n) is 3.45. The van der Waals surface area contributed by atoms with E-state index >= 15 is 0 Å². The number of para-hydroxylation sites is 1. The Hall–Kier alpha value is -2.07. The molecule has 23 heavy (non-hydrogen) atoms. The number of benzene rings is 1. The van der Waals surface area contributed by atoms with Crippen molar-refractivity contribution in [3.63, 3.8) is 0 Å². The van der Waals surface area contributed by atoms with Gasteiger partial charge in [-0.05, 0) is 58.4 Å². The van der Waals surface area contributed by atoms with E-state index in [0.717, 1.165) is 42.0 Å². The Balaban J connectivity index is 1.85. The fraction of sp³-hybridized carbons (Fsp3) is 0.421. The maximum atomic E-state index is 12.7. The molecule has 2 heterocycles. The average molecular weight is 311 g/mol. The van der Waals surface area contributed by atoms with Crippen molar-refractivity contribution in [2.24, 2.45) is 0 Å². The normalized spacial score (nSPS) is 21.2. The largest absolute Gasteiger partial charge is 0.348 e. The first kappa shape index (κ1) is 15.8. The van der Waals surface area contributed by atoms with Gasteiger partial charge in [-0.25, -0.2) is 0 Å². The Kier molecular flexibility index (Phi) is 4.53. The average Bonchev–Trinajstić information content (AvgIpc) is 2.85. The van der Waals surface area contributed by atoms with Gasteiger partial charge in [-0.15, -0.1) is 0 Å². The van der Waals surface area contributed by atoms with Crippen LogP contribution in [0.2, 0.25) is 0 Å². The molecule has 4 heteroatoms. The van der Waals surface area contributed by atoms with Gasteiger partial charge in [0.1, 0.15) is 0 Å². The number of aromatic nitrogens is 1. The van der Waals surface area contributed by atoms with E-state index < -0.39 is 0 Å². The van der Waals surface area contributed by atoms with Crippen LogP contribution in [0.1, 0.15) is 41.5 Å². The molecule has 2 aromatic rings. The van der Waals surface area contributed by atoms with E-state index in [4.69, 9.17) is 0 Å². The van der Waals surface area contributed by atoms with E-state index in [9.17, 15) is 4.79 Å². The Morgan fingerprint density at radius 1 is 1.26 bits per heavy atom. The maximum absolute atomic E-state index is 12.7. The zero-order valence-corrected chi connectivity index (χ0v) is 14.1. The number of aryl methyl sites for hydroxylation is 1. The van der Waals surface area contributed by atoms with Gasteiger partial charge in [0.25, 0.3) is 5.91 Å². The van der Waals surface area contributed by atoms with Crippen molar-refractivity contribution in [2.75, 3.05) is 6.54 Å². The van der Waals surface area contributed by atoms with Gasteiger partial charge in [-0.3, -0.25) is 4.79 Å². The molecule has 3 rings (SSSR count). The van der Waals surface area contributed by atoms with Gasteiger partial charge in [-0.1, -0.05) is 18.2 Å². The molecule has 1 amide bonds. The molecule has 0 spiro atoms. The quantitative estimate of drug-likeness (QED) is 0.915. The molecule has 1 saturated heterocycles. The van der Waals surface area contributed by atoms with Crippen molar-refractivity contribution >= 4 is 5.91 Å². The number of piperidine rings is 1. The van der Waals surface area contributed by atoms with E-state index in [0.29, 0.717) is 6.04 Å². The van der Waals surface area contributed by atoms with Crippen molar-refractivity contribution < 1.29 is 4.79 Å². The van der Waals surface area contributed by atoms with Crippen molar-refractivity contribution in [2.45, 2.75) is 45.7 Å². The van der Waals surface area contributed by atoms with Crippen LogP contribution in [0.4, 0.5) is 0 Å². The van der Waals surface area contributed by atoms with E-state index in [-0.39, 0.29) is 11.9 Å². The van der Waals surface area contributed by atoms with Crippen molar-refractivity contribution in [1.29, 1.82) is 0 Å². The van der Waals surface area contributed by atoms with E-state index in [1.807, 2.05) is 38.1 Å². The molecule has 2 atom stereocenters. The highest BCUT2D eigenvalue weighted by Crippen LogP contribution is 2.21. The summed E-state index contributed by atoms with van der Waals surface area (Å²) in [5.74, 6) is 0.0285. The molecule has 1 aliphatic heterocycles. The molecule has 2 unspecified atom stereocenters. The number of hydrogen-bond donors (Lipinski definition) is 2. The molecular weight excluding hydrogens is 286 g/mol. The topological polar surface area (TPSA) is 46.1 Å². The molecule has 0 bridgehead atoms. The van der Waals surface area contributed by atoms with Crippen LogP contribution in [0.25, 0.3) is 5.69 Å². The van der Waals surface area contributed by atoms with Crippen LogP contribution >= 0.6 is 0 Å². The second kappa shape index (κ2) is 6.59. The highest BCUT2D eigenvalue weighted by atomic mass is 16.1. The second-order valence-corrected chi connectivity index (χ2v) is 6.42. The third-order valence-corrected chi connectivity index (χ3v) is 4.77. The molecule has 4 nitrogen and oxygen atoms in total. The zero-order chi connectivity index (χ0) is 16.4. The predicted molar refractivity (Wildman–Crippen MR) is 93.2 cm³/mol. The number of nitrogens with one attached hydrogen (secondary N) is 2. The Morgan fingerprint density at radius 3 is 2.70 bits per heavy atom. The Morgan fingerprint density at radius 2 is 2.00 bits per heavy atom. The number of hydrogen-bond acceptors (Lipinski definition) is 2. The van der Waals surface area contributed by atoms with Gasteiger partial charge < -0.3 is 15.2 Å². The van der Waals surface area contributed by atoms with Crippen LogP contribution in [-0.4, -0.2) is 29.1 Å². The fourth-order valence-corrected chi connectivity index (χ4v) is 3.45. The van der Waals surface area contributed by atoms with Gasteiger partial charge in [0.05, 0.1) is 5.56 Å². The monoisotopic (exact) mass is 311 g/mol. The molecule has 1 aromatic carbocycles. The van der Waals surface area contributed by atoms with Gasteiger partial charge in [0.15, 0.2) is 0 Å². The van der Waals surface area contributed by atoms with Crippen LogP contribution in [0.3, 0.4) is 0 Å². The van der Waals surface area contributed by atoms with E-state index in [1.54, 1.807) is 0 Å². The second-order valence-electron chi connectivity index (χ2n) is 6.42. The summed E-state index contributed by atoms with van der Waals surface area (Å²) in [7, 11) is 0. The smallest absolute Gasteiger partial charge is 0.253 e. The highest BCUT2D eigenvalue weighted by Gasteiger charge is 2.24. The number of carbonyl (C=O) groups excluding carboxylic acids is 1. The van der Waals surface area contributed by atoms with E-state index in [2.05, 4.69) is 34.3 Å². The third kappa shape index (κ3) is 3.17. The first-order valence-corrected chi connectivity index (χ1v) is 8.36. The lowest BCUT2D eigenvalue weighted by Crippen LogP contribution is -2.51. The summed E-state index contributed by atoms with van der Waals surface area (Å²) in [6, 6.07) is 12.7. The molecule has 0 aliphatic carbocycles. The first-order valence-electron chi connectivity index (χ1n) is 8.36. The molecule has 0 radical (unpaired) electrons. The van der Waals surface area contributed by atoms with Gasteiger partial charge in [0.2, 0.25) is 0 Å². The molecule has 0 saturated carbocycles. The summed E-state index contributed by atoms with van der Waals surface area (Å²) in [5, 5.41) is 6.63. The SMILES string of the molecule is Cc1cc(C(=O)NC2CCCNC2C)c(C)n1-c1ccccc1. The summed E-state index contributed by atoms with van der Waals surface area (Å²) in [6.45, 7) is 7.23. The van der Waals surface area contributed by atoms with Crippen LogP contribution < -0.4 is 10.6 Å². The van der Waals surface area contributed by atoms with Crippen LogP contribution in [-0.2, 0) is 0 Å². The summed E-state index contributed by atoms with van der Waals surface area (Å²) in [6.07, 6.45) is 2.15. The predicted octanol–water partition coefficient (Wildman–Crippen LogP) is 2.96. The molecular formula is C19H25N3O. The zero-order valence-electron chi connectivity index (χ0n) is 14.1. The van der Waals surface area contributed by atoms with Crippen LogP contribution in [0.15, 0.2) is 36.4 Å².